The molecule has 0 aliphatic heterocycles. The molecule has 138 valence electrons. The van der Waals surface area contributed by atoms with E-state index in [1.165, 1.54) is 0 Å². The van der Waals surface area contributed by atoms with Crippen LogP contribution in [0.5, 0.6) is 0 Å². The Morgan fingerprint density at radius 3 is 2.36 bits per heavy atom. The highest BCUT2D eigenvalue weighted by atomic mass is 16.6. The molecule has 0 unspecified atom stereocenters. The summed E-state index contributed by atoms with van der Waals surface area (Å²) in [5.74, 6) is -1.17. The van der Waals surface area contributed by atoms with Gasteiger partial charge < -0.3 is 19.9 Å². The summed E-state index contributed by atoms with van der Waals surface area (Å²) >= 11 is 0. The van der Waals surface area contributed by atoms with Gasteiger partial charge in [-0.3, -0.25) is 9.69 Å². The van der Waals surface area contributed by atoms with Crippen molar-refractivity contribution in [3.63, 3.8) is 0 Å². The number of nitrogens with one attached hydrogen (secondary N) is 1. The van der Waals surface area contributed by atoms with Crippen molar-refractivity contribution in [2.45, 2.75) is 33.0 Å². The normalized spacial score (nSPS) is 10.7. The third kappa shape index (κ3) is 9.19. The lowest BCUT2D eigenvalue weighted by Gasteiger charge is -2.26. The molecule has 25 heavy (non-hydrogen) atoms. The second kappa shape index (κ2) is 9.51. The minimum Gasteiger partial charge on any atom is -0.480 e. The average Bonchev–Trinajstić information content (AvgIpc) is 2.51. The molecular weight excluding hydrogens is 328 g/mol. The number of nitrogens with zero attached hydrogens (tertiary/aromatic N) is 1. The highest BCUT2D eigenvalue weighted by molar-refractivity contribution is 5.77. The molecule has 0 heterocycles. The Kier molecular flexibility index (Phi) is 7.71. The molecule has 0 bridgehead atoms. The van der Waals surface area contributed by atoms with Crippen LogP contribution >= 0.6 is 0 Å². The second-order valence-electron chi connectivity index (χ2n) is 6.28. The number of amides is 2. The molecule has 0 saturated heterocycles. The molecule has 0 atom stereocenters. The summed E-state index contributed by atoms with van der Waals surface area (Å²) in [5.41, 5.74) is 0.106. The number of hydrogen-bond donors (Lipinski definition) is 2. The van der Waals surface area contributed by atoms with E-state index in [2.05, 4.69) is 5.32 Å². The van der Waals surface area contributed by atoms with Gasteiger partial charge in [0.15, 0.2) is 0 Å². The van der Waals surface area contributed by atoms with Crippen LogP contribution < -0.4 is 5.32 Å². The zero-order chi connectivity index (χ0) is 18.9. The highest BCUT2D eigenvalue weighted by Crippen LogP contribution is 2.09. The second-order valence-corrected chi connectivity index (χ2v) is 6.28. The number of aliphatic carboxylic acids is 1. The molecule has 0 fully saturated rings. The van der Waals surface area contributed by atoms with Gasteiger partial charge in [0.1, 0.15) is 18.8 Å². The van der Waals surface area contributed by atoms with Gasteiger partial charge in [-0.15, -0.1) is 0 Å². The zero-order valence-electron chi connectivity index (χ0n) is 14.7. The Balaban J connectivity index is 2.41. The summed E-state index contributed by atoms with van der Waals surface area (Å²) in [5, 5.41) is 11.4. The van der Waals surface area contributed by atoms with E-state index in [4.69, 9.17) is 14.6 Å². The van der Waals surface area contributed by atoms with Crippen LogP contribution in [0.3, 0.4) is 0 Å². The summed E-state index contributed by atoms with van der Waals surface area (Å²) in [6.07, 6.45) is -1.40. The predicted octanol–water partition coefficient (Wildman–Crippen LogP) is 2.23. The van der Waals surface area contributed by atoms with Crippen molar-refractivity contribution >= 4 is 18.2 Å². The summed E-state index contributed by atoms with van der Waals surface area (Å²) < 4.78 is 10.2. The summed E-state index contributed by atoms with van der Waals surface area (Å²) in [7, 11) is 0. The summed E-state index contributed by atoms with van der Waals surface area (Å²) in [6, 6.07) is 9.18. The topological polar surface area (TPSA) is 105 Å². The summed E-state index contributed by atoms with van der Waals surface area (Å²) in [6.45, 7) is 4.68. The van der Waals surface area contributed by atoms with E-state index < -0.39 is 30.3 Å². The number of benzene rings is 1. The molecule has 0 aliphatic rings. The van der Waals surface area contributed by atoms with E-state index in [-0.39, 0.29) is 19.7 Å². The van der Waals surface area contributed by atoms with Crippen LogP contribution in [0.15, 0.2) is 30.3 Å². The summed E-state index contributed by atoms with van der Waals surface area (Å²) in [4.78, 5) is 35.5. The number of ether oxygens (including phenoxy) is 2. The molecule has 8 heteroatoms. The van der Waals surface area contributed by atoms with Crippen molar-refractivity contribution in [1.82, 2.24) is 10.2 Å². The molecule has 2 N–H and O–H groups in total. The van der Waals surface area contributed by atoms with Crippen molar-refractivity contribution in [3.8, 4) is 0 Å². The van der Waals surface area contributed by atoms with Gasteiger partial charge in [0, 0.05) is 13.1 Å². The molecule has 0 saturated carbocycles. The Labute approximate surface area is 146 Å². The molecule has 0 spiro atoms. The Morgan fingerprint density at radius 1 is 1.16 bits per heavy atom. The fraction of sp³-hybridized carbons (Fsp3) is 0.471. The molecule has 2 amide bonds. The van der Waals surface area contributed by atoms with E-state index >= 15 is 0 Å². The molecule has 0 radical (unpaired) electrons. The average molecular weight is 352 g/mol. The maximum absolute atomic E-state index is 12.0. The van der Waals surface area contributed by atoms with Crippen molar-refractivity contribution in [2.75, 3.05) is 19.6 Å². The number of rotatable bonds is 7. The van der Waals surface area contributed by atoms with E-state index in [0.29, 0.717) is 0 Å². The lowest BCUT2D eigenvalue weighted by atomic mass is 10.2. The van der Waals surface area contributed by atoms with Gasteiger partial charge in [-0.05, 0) is 26.3 Å². The van der Waals surface area contributed by atoms with Crippen molar-refractivity contribution < 1.29 is 29.0 Å². The van der Waals surface area contributed by atoms with Gasteiger partial charge in [-0.25, -0.2) is 9.59 Å². The third-order valence-electron chi connectivity index (χ3n) is 2.84. The lowest BCUT2D eigenvalue weighted by Crippen LogP contribution is -2.43. The van der Waals surface area contributed by atoms with Crippen molar-refractivity contribution in [2.24, 2.45) is 0 Å². The van der Waals surface area contributed by atoms with Crippen molar-refractivity contribution in [1.29, 1.82) is 0 Å². The Morgan fingerprint density at radius 2 is 1.80 bits per heavy atom. The maximum Gasteiger partial charge on any atom is 0.410 e. The highest BCUT2D eigenvalue weighted by Gasteiger charge is 2.23. The fourth-order valence-corrected chi connectivity index (χ4v) is 1.79. The van der Waals surface area contributed by atoms with Gasteiger partial charge in [0.25, 0.3) is 0 Å². The number of carbonyl (C=O) groups excluding carboxylic acids is 2. The van der Waals surface area contributed by atoms with Crippen LogP contribution in [0.4, 0.5) is 9.59 Å². The van der Waals surface area contributed by atoms with Crippen LogP contribution in [0.1, 0.15) is 26.3 Å². The smallest absolute Gasteiger partial charge is 0.410 e. The molecule has 0 aromatic heterocycles. The number of carboxylic acids is 1. The monoisotopic (exact) mass is 352 g/mol. The van der Waals surface area contributed by atoms with Gasteiger partial charge in [-0.2, -0.15) is 0 Å². The molecule has 1 aromatic carbocycles. The lowest BCUT2D eigenvalue weighted by molar-refractivity contribution is -0.138. The van der Waals surface area contributed by atoms with Crippen LogP contribution in [-0.2, 0) is 20.9 Å². The van der Waals surface area contributed by atoms with Gasteiger partial charge in [0.05, 0.1) is 0 Å². The first-order valence-electron chi connectivity index (χ1n) is 7.81. The van der Waals surface area contributed by atoms with E-state index in [1.807, 2.05) is 30.3 Å². The first-order chi connectivity index (χ1) is 11.7. The minimum atomic E-state index is -1.17. The fourth-order valence-electron chi connectivity index (χ4n) is 1.79. The van der Waals surface area contributed by atoms with Crippen LogP contribution in [0.2, 0.25) is 0 Å². The Bertz CT molecular complexity index is 583. The number of alkyl carbamates (subject to hydrolysis) is 1. The predicted molar refractivity (Wildman–Crippen MR) is 90.1 cm³/mol. The van der Waals surface area contributed by atoms with E-state index in [1.54, 1.807) is 20.8 Å². The number of carboxylic acid groups (broad SMARTS) is 1. The Hall–Kier alpha value is -2.77. The molecule has 0 aliphatic carbocycles. The number of carbonyl (C=O) groups is 3. The third-order valence-corrected chi connectivity index (χ3v) is 2.84. The maximum atomic E-state index is 12.0. The first kappa shape index (κ1) is 20.3. The van der Waals surface area contributed by atoms with E-state index in [9.17, 15) is 14.4 Å². The van der Waals surface area contributed by atoms with Gasteiger partial charge in [0.2, 0.25) is 0 Å². The van der Waals surface area contributed by atoms with Crippen LogP contribution in [0, 0.1) is 0 Å². The zero-order valence-corrected chi connectivity index (χ0v) is 14.7. The molecule has 8 nitrogen and oxygen atoms in total. The van der Waals surface area contributed by atoms with Gasteiger partial charge in [-0.1, -0.05) is 30.3 Å². The molecule has 1 aromatic rings. The number of hydrogen-bond acceptors (Lipinski definition) is 5. The van der Waals surface area contributed by atoms with Gasteiger partial charge >= 0.3 is 18.2 Å². The SMILES string of the molecule is CC(C)(C)OC(=O)N(CCNC(=O)OCc1ccccc1)CC(=O)O. The molecule has 1 rings (SSSR count). The minimum absolute atomic E-state index is 0.0123. The van der Waals surface area contributed by atoms with Crippen LogP contribution in [0.25, 0.3) is 0 Å². The van der Waals surface area contributed by atoms with E-state index in [0.717, 1.165) is 10.5 Å². The molecular formula is C17H24N2O6. The quantitative estimate of drug-likeness (QED) is 0.780. The first-order valence-corrected chi connectivity index (χ1v) is 7.81. The van der Waals surface area contributed by atoms with Crippen molar-refractivity contribution in [3.05, 3.63) is 35.9 Å². The standard InChI is InChI=1S/C17H24N2O6/c1-17(2,3)25-16(23)19(11-14(20)21)10-9-18-15(22)24-12-13-7-5-4-6-8-13/h4-8H,9-12H2,1-3H3,(H,18,22)(H,20,21). The largest absolute Gasteiger partial charge is 0.480 e. The van der Waals surface area contributed by atoms with Crippen LogP contribution in [-0.4, -0.2) is 53.4 Å².